The highest BCUT2D eigenvalue weighted by Gasteiger charge is 2.14. The molecule has 0 amide bonds. The van der Waals surface area contributed by atoms with Gasteiger partial charge < -0.3 is 10.2 Å². The molecule has 17 heavy (non-hydrogen) atoms. The van der Waals surface area contributed by atoms with Crippen molar-refractivity contribution in [3.05, 3.63) is 22.7 Å². The van der Waals surface area contributed by atoms with E-state index in [4.69, 9.17) is 10.2 Å². The van der Waals surface area contributed by atoms with Crippen LogP contribution in [-0.2, 0) is 11.4 Å². The summed E-state index contributed by atoms with van der Waals surface area (Å²) in [4.78, 5) is 10.5. The number of thioether (sulfide) groups is 1. The van der Waals surface area contributed by atoms with Crippen molar-refractivity contribution in [1.29, 1.82) is 0 Å². The quantitative estimate of drug-likeness (QED) is 0.789. The van der Waals surface area contributed by atoms with E-state index < -0.39 is 5.97 Å². The fourth-order valence-corrected chi connectivity index (χ4v) is 2.58. The molecule has 0 spiro atoms. The van der Waals surface area contributed by atoms with Crippen LogP contribution < -0.4 is 0 Å². The Morgan fingerprint density at radius 3 is 2.94 bits per heavy atom. The molecule has 0 aliphatic carbocycles. The zero-order chi connectivity index (χ0) is 12.3. The lowest BCUT2D eigenvalue weighted by molar-refractivity contribution is -0.133. The van der Waals surface area contributed by atoms with Crippen molar-refractivity contribution in [1.82, 2.24) is 14.8 Å². The van der Waals surface area contributed by atoms with Crippen molar-refractivity contribution in [3.63, 3.8) is 0 Å². The number of aliphatic carboxylic acids is 1. The highest BCUT2D eigenvalue weighted by Crippen LogP contribution is 2.23. The van der Waals surface area contributed by atoms with Crippen molar-refractivity contribution >= 4 is 29.1 Å². The van der Waals surface area contributed by atoms with Crippen LogP contribution in [0.25, 0.3) is 5.69 Å². The van der Waals surface area contributed by atoms with E-state index in [0.717, 1.165) is 17.4 Å². The van der Waals surface area contributed by atoms with Gasteiger partial charge in [-0.25, -0.2) is 0 Å². The molecule has 0 saturated carbocycles. The van der Waals surface area contributed by atoms with Crippen LogP contribution in [0, 0.1) is 0 Å². The fourth-order valence-electron chi connectivity index (χ4n) is 1.27. The summed E-state index contributed by atoms with van der Waals surface area (Å²) in [5, 5.41) is 29.7. The number of aliphatic hydroxyl groups is 1. The summed E-state index contributed by atoms with van der Waals surface area (Å²) in [6.07, 6.45) is 0. The van der Waals surface area contributed by atoms with Crippen LogP contribution in [0.5, 0.6) is 0 Å². The number of carbonyl (C=O) groups is 1. The van der Waals surface area contributed by atoms with Gasteiger partial charge >= 0.3 is 5.97 Å². The first-order valence-electron chi connectivity index (χ1n) is 4.64. The number of thiophene rings is 1. The normalized spacial score (nSPS) is 10.6. The molecule has 2 aromatic rings. The number of aromatic nitrogens is 3. The van der Waals surface area contributed by atoms with Crippen LogP contribution in [0.4, 0.5) is 0 Å². The molecule has 90 valence electrons. The van der Waals surface area contributed by atoms with E-state index in [2.05, 4.69) is 10.2 Å². The monoisotopic (exact) mass is 271 g/mol. The van der Waals surface area contributed by atoms with Crippen molar-refractivity contribution in [2.24, 2.45) is 0 Å². The summed E-state index contributed by atoms with van der Waals surface area (Å²) in [6, 6.07) is 1.86. The van der Waals surface area contributed by atoms with Crippen LogP contribution >= 0.6 is 23.1 Å². The summed E-state index contributed by atoms with van der Waals surface area (Å²) < 4.78 is 1.66. The third-order valence-electron chi connectivity index (χ3n) is 1.93. The third-order valence-corrected chi connectivity index (χ3v) is 3.52. The topological polar surface area (TPSA) is 88.2 Å². The van der Waals surface area contributed by atoms with Crippen molar-refractivity contribution in [2.45, 2.75) is 11.8 Å². The molecule has 0 bridgehead atoms. The average molecular weight is 271 g/mol. The van der Waals surface area contributed by atoms with Gasteiger partial charge in [0.15, 0.2) is 11.0 Å². The lowest BCUT2D eigenvalue weighted by Gasteiger charge is -2.05. The van der Waals surface area contributed by atoms with E-state index in [1.54, 1.807) is 4.57 Å². The number of aliphatic hydroxyl groups excluding tert-OH is 1. The Labute approximate surface area is 105 Å². The van der Waals surface area contributed by atoms with Gasteiger partial charge in [0.25, 0.3) is 0 Å². The molecule has 6 nitrogen and oxygen atoms in total. The first-order valence-corrected chi connectivity index (χ1v) is 6.57. The van der Waals surface area contributed by atoms with Crippen LogP contribution in [-0.4, -0.2) is 36.7 Å². The van der Waals surface area contributed by atoms with E-state index in [-0.39, 0.29) is 12.4 Å². The Kier molecular flexibility index (Phi) is 3.77. The van der Waals surface area contributed by atoms with Gasteiger partial charge in [0.05, 0.1) is 11.4 Å². The molecule has 0 aromatic carbocycles. The molecule has 2 aromatic heterocycles. The minimum Gasteiger partial charge on any atom is -0.481 e. The zero-order valence-electron chi connectivity index (χ0n) is 8.61. The van der Waals surface area contributed by atoms with Crippen molar-refractivity contribution in [3.8, 4) is 5.69 Å². The summed E-state index contributed by atoms with van der Waals surface area (Å²) in [6.45, 7) is -0.240. The highest BCUT2D eigenvalue weighted by atomic mass is 32.2. The minimum atomic E-state index is -0.916. The van der Waals surface area contributed by atoms with Gasteiger partial charge in [-0.2, -0.15) is 11.3 Å². The van der Waals surface area contributed by atoms with Crippen LogP contribution in [0.2, 0.25) is 0 Å². The predicted molar refractivity (Wildman–Crippen MR) is 63.5 cm³/mol. The van der Waals surface area contributed by atoms with Gasteiger partial charge in [0, 0.05) is 5.38 Å². The lowest BCUT2D eigenvalue weighted by Crippen LogP contribution is -2.04. The number of hydrogen-bond donors (Lipinski definition) is 2. The Hall–Kier alpha value is -1.38. The largest absolute Gasteiger partial charge is 0.481 e. The van der Waals surface area contributed by atoms with Gasteiger partial charge in [-0.05, 0) is 11.4 Å². The molecule has 0 aliphatic rings. The van der Waals surface area contributed by atoms with Gasteiger partial charge in [-0.3, -0.25) is 9.36 Å². The van der Waals surface area contributed by atoms with Crippen LogP contribution in [0.15, 0.2) is 22.0 Å². The molecule has 0 atom stereocenters. The van der Waals surface area contributed by atoms with E-state index in [1.165, 1.54) is 11.3 Å². The average Bonchev–Trinajstić information content (AvgIpc) is 2.94. The Morgan fingerprint density at radius 1 is 1.53 bits per heavy atom. The Morgan fingerprint density at radius 2 is 2.35 bits per heavy atom. The van der Waals surface area contributed by atoms with Gasteiger partial charge in [0.2, 0.25) is 0 Å². The lowest BCUT2D eigenvalue weighted by atomic mass is 10.5. The van der Waals surface area contributed by atoms with Crippen LogP contribution in [0.3, 0.4) is 0 Å². The molecule has 0 unspecified atom stereocenters. The van der Waals surface area contributed by atoms with E-state index >= 15 is 0 Å². The zero-order valence-corrected chi connectivity index (χ0v) is 10.2. The Balaban J connectivity index is 2.33. The molecule has 0 aliphatic heterocycles. The Bertz CT molecular complexity index is 510. The first-order chi connectivity index (χ1) is 8.22. The summed E-state index contributed by atoms with van der Waals surface area (Å²) >= 11 is 2.58. The molecule has 0 radical (unpaired) electrons. The summed E-state index contributed by atoms with van der Waals surface area (Å²) in [5.74, 6) is -0.607. The van der Waals surface area contributed by atoms with Gasteiger partial charge in [0.1, 0.15) is 6.61 Å². The van der Waals surface area contributed by atoms with Gasteiger partial charge in [-0.1, -0.05) is 11.8 Å². The minimum absolute atomic E-state index is 0.0896. The number of hydrogen-bond acceptors (Lipinski definition) is 6. The predicted octanol–water partition coefficient (Wildman–Crippen LogP) is 0.998. The van der Waals surface area contributed by atoms with Gasteiger partial charge in [-0.15, -0.1) is 10.2 Å². The molecule has 0 saturated heterocycles. The van der Waals surface area contributed by atoms with Crippen molar-refractivity contribution in [2.75, 3.05) is 5.75 Å². The second-order valence-electron chi connectivity index (χ2n) is 3.06. The maximum atomic E-state index is 10.5. The van der Waals surface area contributed by atoms with E-state index in [0.29, 0.717) is 11.0 Å². The number of nitrogens with zero attached hydrogens (tertiary/aromatic N) is 3. The SMILES string of the molecule is O=C(O)CSc1nnc(CO)n1-c1ccsc1. The molecule has 2 N–H and O–H groups in total. The first kappa shape index (κ1) is 12.1. The molecular weight excluding hydrogens is 262 g/mol. The standard InChI is InChI=1S/C9H9N3O3S2/c13-3-7-10-11-9(17-5-8(14)15)12(7)6-1-2-16-4-6/h1-2,4,13H,3,5H2,(H,14,15). The number of rotatable bonds is 5. The maximum absolute atomic E-state index is 10.5. The maximum Gasteiger partial charge on any atom is 0.313 e. The third kappa shape index (κ3) is 2.65. The second-order valence-corrected chi connectivity index (χ2v) is 4.78. The number of carboxylic acid groups (broad SMARTS) is 1. The number of carboxylic acids is 1. The van der Waals surface area contributed by atoms with E-state index in [1.807, 2.05) is 16.8 Å². The highest BCUT2D eigenvalue weighted by molar-refractivity contribution is 7.99. The summed E-state index contributed by atoms with van der Waals surface area (Å²) in [5.41, 5.74) is 0.830. The smallest absolute Gasteiger partial charge is 0.313 e. The molecular formula is C9H9N3O3S2. The molecule has 2 heterocycles. The second kappa shape index (κ2) is 5.30. The molecule has 0 fully saturated rings. The van der Waals surface area contributed by atoms with Crippen LogP contribution in [0.1, 0.15) is 5.82 Å². The fraction of sp³-hybridized carbons (Fsp3) is 0.222. The van der Waals surface area contributed by atoms with Crippen molar-refractivity contribution < 1.29 is 15.0 Å². The molecule has 2 rings (SSSR count). The summed E-state index contributed by atoms with van der Waals surface area (Å²) in [7, 11) is 0. The van der Waals surface area contributed by atoms with E-state index in [9.17, 15) is 4.79 Å². The molecule has 8 heteroatoms.